The van der Waals surface area contributed by atoms with Crippen molar-refractivity contribution in [2.45, 2.75) is 19.3 Å². The Morgan fingerprint density at radius 3 is 2.15 bits per heavy atom. The number of alkyl halides is 3. The maximum absolute atomic E-state index is 13.6. The number of nitrogens with one attached hydrogen (secondary N) is 2. The van der Waals surface area contributed by atoms with Crippen molar-refractivity contribution in [1.82, 2.24) is 10.6 Å². The molecule has 0 amide bonds. The van der Waals surface area contributed by atoms with Crippen LogP contribution in [-0.4, -0.2) is 13.0 Å². The molecule has 0 radical (unpaired) electrons. The summed E-state index contributed by atoms with van der Waals surface area (Å²) in [5, 5.41) is 5.70. The summed E-state index contributed by atoms with van der Waals surface area (Å²) >= 11 is 0. The van der Waals surface area contributed by atoms with Crippen LogP contribution in [0.2, 0.25) is 0 Å². The van der Waals surface area contributed by atoms with Crippen LogP contribution in [0.5, 0.6) is 0 Å². The molecule has 3 nitrogen and oxygen atoms in total. The van der Waals surface area contributed by atoms with Gasteiger partial charge in [-0.05, 0) is 35.9 Å². The van der Waals surface area contributed by atoms with E-state index in [2.05, 4.69) is 15.6 Å². The predicted molar refractivity (Wildman–Crippen MR) is 100 cm³/mol. The molecule has 0 fully saturated rings. The van der Waals surface area contributed by atoms with Gasteiger partial charge in [0.15, 0.2) is 5.96 Å². The summed E-state index contributed by atoms with van der Waals surface area (Å²) in [5.41, 5.74) is 0.0331. The highest BCUT2D eigenvalue weighted by Crippen LogP contribution is 2.29. The largest absolute Gasteiger partial charge is 0.416 e. The number of halogens is 6. The average Bonchev–Trinajstić information content (AvgIpc) is 2.57. The summed E-state index contributed by atoms with van der Waals surface area (Å²) in [6.07, 6.45) is -4.38. The Morgan fingerprint density at radius 2 is 1.58 bits per heavy atom. The molecule has 142 valence electrons. The van der Waals surface area contributed by atoms with Gasteiger partial charge in [-0.25, -0.2) is 8.78 Å². The second-order valence-electron chi connectivity index (χ2n) is 5.21. The molecule has 0 atom stereocenters. The van der Waals surface area contributed by atoms with E-state index in [4.69, 9.17) is 0 Å². The van der Waals surface area contributed by atoms with E-state index in [9.17, 15) is 22.0 Å². The van der Waals surface area contributed by atoms with Gasteiger partial charge >= 0.3 is 6.18 Å². The first kappa shape index (κ1) is 22.1. The summed E-state index contributed by atoms with van der Waals surface area (Å²) in [5.74, 6) is -0.790. The van der Waals surface area contributed by atoms with Gasteiger partial charge in [0.2, 0.25) is 0 Å². The Morgan fingerprint density at radius 1 is 0.962 bits per heavy atom. The highest BCUT2D eigenvalue weighted by Gasteiger charge is 2.29. The monoisotopic (exact) mass is 485 g/mol. The van der Waals surface area contributed by atoms with Crippen molar-refractivity contribution in [2.24, 2.45) is 4.99 Å². The van der Waals surface area contributed by atoms with Crippen LogP contribution in [0.25, 0.3) is 0 Å². The third-order valence-electron chi connectivity index (χ3n) is 3.42. The second-order valence-corrected chi connectivity index (χ2v) is 5.21. The lowest BCUT2D eigenvalue weighted by molar-refractivity contribution is -0.137. The second kappa shape index (κ2) is 9.70. The molecule has 2 aromatic carbocycles. The van der Waals surface area contributed by atoms with E-state index < -0.39 is 23.4 Å². The van der Waals surface area contributed by atoms with E-state index in [1.54, 1.807) is 0 Å². The SMILES string of the molecule is CN=C(NCc1ccc(C(F)(F)F)cc1)NCc1cc(F)ccc1F.I. The maximum Gasteiger partial charge on any atom is 0.416 e. The van der Waals surface area contributed by atoms with Crippen molar-refractivity contribution >= 4 is 29.9 Å². The lowest BCUT2D eigenvalue weighted by Gasteiger charge is -2.13. The molecule has 26 heavy (non-hydrogen) atoms. The van der Waals surface area contributed by atoms with Crippen LogP contribution in [0.4, 0.5) is 22.0 Å². The molecule has 0 aliphatic heterocycles. The van der Waals surface area contributed by atoms with Gasteiger partial charge in [0.1, 0.15) is 11.6 Å². The molecule has 0 aromatic heterocycles. The number of nitrogens with zero attached hydrogens (tertiary/aromatic N) is 1. The normalized spacial score (nSPS) is 11.7. The summed E-state index contributed by atoms with van der Waals surface area (Å²) in [7, 11) is 1.49. The Hall–Kier alpha value is -1.91. The number of hydrogen-bond donors (Lipinski definition) is 2. The first-order chi connectivity index (χ1) is 11.8. The first-order valence-electron chi connectivity index (χ1n) is 7.34. The van der Waals surface area contributed by atoms with E-state index in [1.165, 1.54) is 19.2 Å². The van der Waals surface area contributed by atoms with E-state index in [-0.39, 0.29) is 42.6 Å². The number of guanidine groups is 1. The summed E-state index contributed by atoms with van der Waals surface area (Å²) in [6, 6.07) is 7.84. The molecule has 9 heteroatoms. The Balaban J connectivity index is 0.00000338. The maximum atomic E-state index is 13.6. The quantitative estimate of drug-likeness (QED) is 0.291. The summed E-state index contributed by atoms with van der Waals surface area (Å²) < 4.78 is 64.2. The number of hydrogen-bond acceptors (Lipinski definition) is 1. The van der Waals surface area contributed by atoms with Crippen molar-refractivity contribution in [1.29, 1.82) is 0 Å². The number of benzene rings is 2. The van der Waals surface area contributed by atoms with Gasteiger partial charge < -0.3 is 10.6 Å². The topological polar surface area (TPSA) is 36.4 Å². The smallest absolute Gasteiger partial charge is 0.352 e. The van der Waals surface area contributed by atoms with Gasteiger partial charge in [-0.2, -0.15) is 13.2 Å². The zero-order valence-corrected chi connectivity index (χ0v) is 16.0. The van der Waals surface area contributed by atoms with E-state index >= 15 is 0 Å². The Labute approximate surface area is 164 Å². The van der Waals surface area contributed by atoms with Crippen LogP contribution < -0.4 is 10.6 Å². The van der Waals surface area contributed by atoms with Crippen LogP contribution in [0.3, 0.4) is 0 Å². The average molecular weight is 485 g/mol. The van der Waals surface area contributed by atoms with Crippen molar-refractivity contribution in [3.8, 4) is 0 Å². The molecular weight excluding hydrogens is 468 g/mol. The highest BCUT2D eigenvalue weighted by molar-refractivity contribution is 14.0. The fourth-order valence-corrected chi connectivity index (χ4v) is 2.08. The third-order valence-corrected chi connectivity index (χ3v) is 3.42. The van der Waals surface area contributed by atoms with E-state index in [0.29, 0.717) is 11.5 Å². The van der Waals surface area contributed by atoms with Gasteiger partial charge in [0.25, 0.3) is 0 Å². The fraction of sp³-hybridized carbons (Fsp3) is 0.235. The zero-order chi connectivity index (χ0) is 18.4. The molecule has 0 saturated carbocycles. The van der Waals surface area contributed by atoms with Gasteiger partial charge in [0, 0.05) is 25.7 Å². The van der Waals surface area contributed by atoms with Gasteiger partial charge in [-0.3, -0.25) is 4.99 Å². The molecule has 2 aromatic rings. The van der Waals surface area contributed by atoms with E-state index in [0.717, 1.165) is 30.3 Å². The first-order valence-corrected chi connectivity index (χ1v) is 7.34. The molecule has 0 bridgehead atoms. The molecule has 0 aliphatic rings. The van der Waals surface area contributed by atoms with Gasteiger partial charge in [-0.1, -0.05) is 12.1 Å². The van der Waals surface area contributed by atoms with Crippen molar-refractivity contribution in [3.05, 3.63) is 70.8 Å². The molecule has 0 spiro atoms. The van der Waals surface area contributed by atoms with Crippen LogP contribution in [0.15, 0.2) is 47.5 Å². The van der Waals surface area contributed by atoms with Crippen LogP contribution >= 0.6 is 24.0 Å². The van der Waals surface area contributed by atoms with Gasteiger partial charge in [0.05, 0.1) is 5.56 Å². The number of rotatable bonds is 4. The summed E-state index contributed by atoms with van der Waals surface area (Å²) in [6.45, 7) is 0.236. The van der Waals surface area contributed by atoms with Gasteiger partial charge in [-0.15, -0.1) is 24.0 Å². The molecule has 2 N–H and O–H groups in total. The van der Waals surface area contributed by atoms with Crippen LogP contribution in [-0.2, 0) is 19.3 Å². The predicted octanol–water partition coefficient (Wildman–Crippen LogP) is 4.47. The molecule has 0 unspecified atom stereocenters. The molecule has 0 saturated heterocycles. The van der Waals surface area contributed by atoms with Crippen molar-refractivity contribution in [3.63, 3.8) is 0 Å². The standard InChI is InChI=1S/C17H16F5N3.HI/c1-23-16(25-10-12-8-14(18)6-7-15(12)19)24-9-11-2-4-13(5-3-11)17(20,21)22;/h2-8H,9-10H2,1H3,(H2,23,24,25);1H. The minimum atomic E-state index is -4.38. The number of aliphatic imine (C=N–C) groups is 1. The van der Waals surface area contributed by atoms with Crippen LogP contribution in [0.1, 0.15) is 16.7 Å². The minimum absolute atomic E-state index is 0. The fourth-order valence-electron chi connectivity index (χ4n) is 2.08. The van der Waals surface area contributed by atoms with Crippen molar-refractivity contribution < 1.29 is 22.0 Å². The Bertz CT molecular complexity index is 745. The van der Waals surface area contributed by atoms with Crippen molar-refractivity contribution in [2.75, 3.05) is 7.05 Å². The molecule has 2 rings (SSSR count). The van der Waals surface area contributed by atoms with Crippen LogP contribution in [0, 0.1) is 11.6 Å². The summed E-state index contributed by atoms with van der Waals surface area (Å²) in [4.78, 5) is 3.93. The highest BCUT2D eigenvalue weighted by atomic mass is 127. The van der Waals surface area contributed by atoms with E-state index in [1.807, 2.05) is 0 Å². The minimum Gasteiger partial charge on any atom is -0.352 e. The molecule has 0 aliphatic carbocycles. The third kappa shape index (κ3) is 6.43. The molecular formula is C17H17F5IN3. The Kier molecular flexibility index (Phi) is 8.25. The lowest BCUT2D eigenvalue weighted by Crippen LogP contribution is -2.36. The zero-order valence-electron chi connectivity index (χ0n) is 13.7. The molecule has 0 heterocycles. The lowest BCUT2D eigenvalue weighted by atomic mass is 10.1.